The van der Waals surface area contributed by atoms with Crippen LogP contribution >= 0.6 is 0 Å². The quantitative estimate of drug-likeness (QED) is 0.151. The number of rotatable bonds is 8. The maximum absolute atomic E-state index is 6.82. The number of furan rings is 1. The number of fused-ring (bicyclic) bond motifs is 7. The second kappa shape index (κ2) is 15.8. The van der Waals surface area contributed by atoms with Crippen LogP contribution in [0.3, 0.4) is 0 Å². The molecular formula is C65H43NO. The van der Waals surface area contributed by atoms with E-state index in [1.807, 2.05) is 6.07 Å². The Morgan fingerprint density at radius 2 is 0.881 bits per heavy atom. The topological polar surface area (TPSA) is 16.4 Å². The minimum Gasteiger partial charge on any atom is -0.454 e. The molecule has 1 heterocycles. The van der Waals surface area contributed by atoms with Gasteiger partial charge in [0.1, 0.15) is 5.58 Å². The number of benzene rings is 11. The fourth-order valence-corrected chi connectivity index (χ4v) is 11.0. The molecule has 2 heteroatoms. The molecule has 11 aromatic carbocycles. The summed E-state index contributed by atoms with van der Waals surface area (Å²) in [6.07, 6.45) is 0. The monoisotopic (exact) mass is 853 g/mol. The summed E-state index contributed by atoms with van der Waals surface area (Å²) in [5.41, 5.74) is 18.9. The van der Waals surface area contributed by atoms with Crippen LogP contribution in [0.5, 0.6) is 0 Å². The van der Waals surface area contributed by atoms with Crippen molar-refractivity contribution in [3.8, 4) is 44.5 Å². The standard InChI is InChI=1S/C65H43NO/c1-4-17-44(18-5-1)45-31-33-48(34-32-45)63-53-24-11-10-19-46(53)37-41-54(63)47-35-38-51(39-36-47)66(61-29-16-27-58-57-26-13-15-30-62(57)67-64(58)61)52-40-42-56-55-25-12-14-28-59(55)65(60(56)43-52,49-20-6-2-7-21-49)50-22-8-3-9-23-50/h1-43H. The Morgan fingerprint density at radius 1 is 0.328 bits per heavy atom. The number of para-hydroxylation sites is 2. The number of hydrogen-bond donors (Lipinski definition) is 0. The second-order valence-electron chi connectivity index (χ2n) is 17.5. The zero-order valence-electron chi connectivity index (χ0n) is 36.7. The third kappa shape index (κ3) is 6.18. The summed E-state index contributed by atoms with van der Waals surface area (Å²) >= 11 is 0. The van der Waals surface area contributed by atoms with E-state index in [0.29, 0.717) is 0 Å². The Bertz CT molecular complexity index is 3740. The van der Waals surface area contributed by atoms with Gasteiger partial charge in [0.25, 0.3) is 0 Å². The van der Waals surface area contributed by atoms with E-state index in [1.54, 1.807) is 0 Å². The molecular weight excluding hydrogens is 811 g/mol. The zero-order valence-corrected chi connectivity index (χ0v) is 36.7. The Labute approximate surface area is 390 Å². The molecule has 0 spiro atoms. The Kier molecular flexibility index (Phi) is 9.11. The fraction of sp³-hybridized carbons (Fsp3) is 0.0154. The van der Waals surface area contributed by atoms with Crippen LogP contribution in [0.4, 0.5) is 17.1 Å². The molecule has 13 rings (SSSR count). The van der Waals surface area contributed by atoms with Gasteiger partial charge in [-0.15, -0.1) is 0 Å². The van der Waals surface area contributed by atoms with Crippen molar-refractivity contribution in [3.05, 3.63) is 283 Å². The molecule has 12 aromatic rings. The maximum Gasteiger partial charge on any atom is 0.159 e. The molecule has 0 saturated heterocycles. The first-order valence-electron chi connectivity index (χ1n) is 23.1. The van der Waals surface area contributed by atoms with Crippen molar-refractivity contribution in [3.63, 3.8) is 0 Å². The van der Waals surface area contributed by atoms with Gasteiger partial charge < -0.3 is 9.32 Å². The molecule has 0 aliphatic heterocycles. The highest BCUT2D eigenvalue weighted by Gasteiger charge is 2.46. The van der Waals surface area contributed by atoms with Crippen molar-refractivity contribution in [1.82, 2.24) is 0 Å². The van der Waals surface area contributed by atoms with Gasteiger partial charge in [0.15, 0.2) is 5.58 Å². The van der Waals surface area contributed by atoms with Gasteiger partial charge in [-0.1, -0.05) is 224 Å². The summed E-state index contributed by atoms with van der Waals surface area (Å²) in [6, 6.07) is 95.0. The summed E-state index contributed by atoms with van der Waals surface area (Å²) in [5.74, 6) is 0. The van der Waals surface area contributed by atoms with Crippen molar-refractivity contribution < 1.29 is 4.42 Å². The lowest BCUT2D eigenvalue weighted by Gasteiger charge is -2.35. The summed E-state index contributed by atoms with van der Waals surface area (Å²) < 4.78 is 6.82. The molecule has 0 atom stereocenters. The smallest absolute Gasteiger partial charge is 0.159 e. The molecule has 0 N–H and O–H groups in total. The van der Waals surface area contributed by atoms with E-state index in [2.05, 4.69) is 260 Å². The first-order valence-corrected chi connectivity index (χ1v) is 23.1. The Hall–Kier alpha value is -8.72. The summed E-state index contributed by atoms with van der Waals surface area (Å²) in [4.78, 5) is 2.39. The van der Waals surface area contributed by atoms with Gasteiger partial charge in [-0.25, -0.2) is 0 Å². The van der Waals surface area contributed by atoms with E-state index in [-0.39, 0.29) is 0 Å². The van der Waals surface area contributed by atoms with Crippen molar-refractivity contribution in [2.24, 2.45) is 0 Å². The molecule has 0 fully saturated rings. The molecule has 2 nitrogen and oxygen atoms in total. The summed E-state index contributed by atoms with van der Waals surface area (Å²) in [6.45, 7) is 0. The van der Waals surface area contributed by atoms with Crippen LogP contribution in [-0.2, 0) is 5.41 Å². The van der Waals surface area contributed by atoms with Crippen LogP contribution < -0.4 is 4.90 Å². The third-order valence-corrected chi connectivity index (χ3v) is 14.0. The molecule has 0 bridgehead atoms. The number of nitrogens with zero attached hydrogens (tertiary/aromatic N) is 1. The van der Waals surface area contributed by atoms with Crippen LogP contribution in [-0.4, -0.2) is 0 Å². The van der Waals surface area contributed by atoms with Gasteiger partial charge in [-0.05, 0) is 114 Å². The third-order valence-electron chi connectivity index (χ3n) is 14.0. The fourth-order valence-electron chi connectivity index (χ4n) is 11.0. The van der Waals surface area contributed by atoms with Crippen molar-refractivity contribution in [2.75, 3.05) is 4.90 Å². The average Bonchev–Trinajstić information content (AvgIpc) is 3.94. The van der Waals surface area contributed by atoms with Crippen LogP contribution in [0.2, 0.25) is 0 Å². The van der Waals surface area contributed by atoms with Gasteiger partial charge in [0, 0.05) is 22.1 Å². The SMILES string of the molecule is c1ccc(-c2ccc(-c3c(-c4ccc(N(c5ccc6c(c5)C(c5ccccc5)(c5ccccc5)c5ccccc5-6)c5cccc6c5oc5ccccc56)cc4)ccc4ccccc34)cc2)cc1. The van der Waals surface area contributed by atoms with Crippen LogP contribution in [0.25, 0.3) is 77.2 Å². The lowest BCUT2D eigenvalue weighted by molar-refractivity contribution is 0.669. The molecule has 0 radical (unpaired) electrons. The molecule has 1 aromatic heterocycles. The van der Waals surface area contributed by atoms with Crippen LogP contribution in [0.1, 0.15) is 22.3 Å². The molecule has 67 heavy (non-hydrogen) atoms. The first-order chi connectivity index (χ1) is 33.2. The maximum atomic E-state index is 6.82. The largest absolute Gasteiger partial charge is 0.454 e. The van der Waals surface area contributed by atoms with Gasteiger partial charge in [0.05, 0.1) is 11.1 Å². The Morgan fingerprint density at radius 3 is 1.64 bits per heavy atom. The highest BCUT2D eigenvalue weighted by Crippen LogP contribution is 2.57. The summed E-state index contributed by atoms with van der Waals surface area (Å²) in [5, 5.41) is 4.64. The lowest BCUT2D eigenvalue weighted by Crippen LogP contribution is -2.28. The number of anilines is 3. The van der Waals surface area contributed by atoms with E-state index < -0.39 is 5.41 Å². The lowest BCUT2D eigenvalue weighted by atomic mass is 9.67. The van der Waals surface area contributed by atoms with Crippen LogP contribution in [0, 0.1) is 0 Å². The van der Waals surface area contributed by atoms with E-state index in [1.165, 1.54) is 72.0 Å². The molecule has 0 amide bonds. The van der Waals surface area contributed by atoms with Crippen molar-refractivity contribution in [1.29, 1.82) is 0 Å². The van der Waals surface area contributed by atoms with E-state index >= 15 is 0 Å². The zero-order chi connectivity index (χ0) is 44.3. The van der Waals surface area contributed by atoms with Crippen LogP contribution in [0.15, 0.2) is 265 Å². The molecule has 1 aliphatic carbocycles. The van der Waals surface area contributed by atoms with E-state index in [9.17, 15) is 0 Å². The predicted molar refractivity (Wildman–Crippen MR) is 280 cm³/mol. The molecule has 1 aliphatic rings. The van der Waals surface area contributed by atoms with E-state index in [0.717, 1.165) is 44.6 Å². The van der Waals surface area contributed by atoms with Gasteiger partial charge in [-0.3, -0.25) is 0 Å². The first kappa shape index (κ1) is 38.7. The minimum atomic E-state index is -0.545. The minimum absolute atomic E-state index is 0.545. The highest BCUT2D eigenvalue weighted by atomic mass is 16.3. The van der Waals surface area contributed by atoms with Gasteiger partial charge in [0.2, 0.25) is 0 Å². The van der Waals surface area contributed by atoms with Crippen molar-refractivity contribution in [2.45, 2.75) is 5.41 Å². The Balaban J connectivity index is 1.01. The molecule has 0 saturated carbocycles. The number of hydrogen-bond acceptors (Lipinski definition) is 2. The molecule has 0 unspecified atom stereocenters. The predicted octanol–water partition coefficient (Wildman–Crippen LogP) is 17.6. The highest BCUT2D eigenvalue weighted by molar-refractivity contribution is 6.10. The van der Waals surface area contributed by atoms with Crippen molar-refractivity contribution >= 4 is 49.8 Å². The second-order valence-corrected chi connectivity index (χ2v) is 17.5. The molecule has 314 valence electrons. The van der Waals surface area contributed by atoms with Gasteiger partial charge in [-0.2, -0.15) is 0 Å². The van der Waals surface area contributed by atoms with E-state index in [4.69, 9.17) is 4.42 Å². The normalized spacial score (nSPS) is 12.6. The van der Waals surface area contributed by atoms with Gasteiger partial charge >= 0.3 is 0 Å². The summed E-state index contributed by atoms with van der Waals surface area (Å²) in [7, 11) is 0. The average molecular weight is 854 g/mol.